The Kier molecular flexibility index (Phi) is 5.82. The summed E-state index contributed by atoms with van der Waals surface area (Å²) in [6, 6.07) is 0. The van der Waals surface area contributed by atoms with Gasteiger partial charge in [0.05, 0.1) is 0 Å². The molecule has 0 aliphatic heterocycles. The van der Waals surface area contributed by atoms with E-state index in [1.807, 2.05) is 12.4 Å². The van der Waals surface area contributed by atoms with E-state index in [1.54, 1.807) is 0 Å². The maximum Gasteiger partial charge on any atom is 0.332 e. The van der Waals surface area contributed by atoms with E-state index in [4.69, 9.17) is 10.8 Å². The molecule has 0 heterocycles. The zero-order valence-corrected chi connectivity index (χ0v) is 7.45. The topological polar surface area (TPSA) is 102 Å². The van der Waals surface area contributed by atoms with Gasteiger partial charge in [0.15, 0.2) is 6.61 Å². The summed E-state index contributed by atoms with van der Waals surface area (Å²) >= 11 is 0. The Labute approximate surface area is 76.0 Å². The number of hydrogen-bond acceptors (Lipinski definition) is 4. The van der Waals surface area contributed by atoms with Gasteiger partial charge in [-0.3, -0.25) is 9.63 Å². The van der Waals surface area contributed by atoms with Crippen molar-refractivity contribution in [2.45, 2.75) is 13.3 Å². The van der Waals surface area contributed by atoms with E-state index in [0.29, 0.717) is 6.54 Å². The molecule has 0 aliphatic carbocycles. The smallest absolute Gasteiger partial charge is 0.332 e. The van der Waals surface area contributed by atoms with Crippen LogP contribution in [0, 0.1) is 5.92 Å². The lowest BCUT2D eigenvalue weighted by Gasteiger charge is -2.07. The maximum absolute atomic E-state index is 10.9. The van der Waals surface area contributed by atoms with Crippen LogP contribution < -0.4 is 11.2 Å². The molecule has 0 aromatic rings. The van der Waals surface area contributed by atoms with Gasteiger partial charge in [-0.05, 0) is 12.5 Å². The van der Waals surface area contributed by atoms with Crippen LogP contribution in [-0.4, -0.2) is 30.1 Å². The summed E-state index contributed by atoms with van der Waals surface area (Å²) < 4.78 is 0. The first-order valence-corrected chi connectivity index (χ1v) is 3.88. The first-order chi connectivity index (χ1) is 6.06. The number of carboxylic acids is 1. The van der Waals surface area contributed by atoms with Crippen LogP contribution in [0.25, 0.3) is 0 Å². The van der Waals surface area contributed by atoms with Gasteiger partial charge in [0.2, 0.25) is 5.91 Å². The maximum atomic E-state index is 10.9. The molecule has 0 bridgehead atoms. The van der Waals surface area contributed by atoms with Gasteiger partial charge in [-0.25, -0.2) is 10.3 Å². The Morgan fingerprint density at radius 1 is 1.62 bits per heavy atom. The van der Waals surface area contributed by atoms with Crippen molar-refractivity contribution >= 4 is 11.9 Å². The fourth-order valence-corrected chi connectivity index (χ4v) is 0.620. The fraction of sp³-hybridized carbons (Fsp3) is 0.714. The highest BCUT2D eigenvalue weighted by Gasteiger charge is 2.07. The van der Waals surface area contributed by atoms with E-state index in [9.17, 15) is 9.59 Å². The number of rotatable bonds is 6. The number of hydroxylamine groups is 1. The van der Waals surface area contributed by atoms with Crippen molar-refractivity contribution in [2.24, 2.45) is 11.7 Å². The first-order valence-electron chi connectivity index (χ1n) is 3.88. The molecule has 13 heavy (non-hydrogen) atoms. The fourth-order valence-electron chi connectivity index (χ4n) is 0.620. The molecule has 0 spiro atoms. The highest BCUT2D eigenvalue weighted by Crippen LogP contribution is 1.97. The Hall–Kier alpha value is -1.14. The molecule has 0 radical (unpaired) electrons. The van der Waals surface area contributed by atoms with Crippen molar-refractivity contribution in [3.8, 4) is 0 Å². The SMILES string of the molecule is CC(CN)CC(=O)NOCC(=O)O. The van der Waals surface area contributed by atoms with E-state index in [2.05, 4.69) is 4.84 Å². The third kappa shape index (κ3) is 7.23. The van der Waals surface area contributed by atoms with Gasteiger partial charge in [-0.1, -0.05) is 6.92 Å². The van der Waals surface area contributed by atoms with Crippen molar-refractivity contribution in [1.82, 2.24) is 5.48 Å². The summed E-state index contributed by atoms with van der Waals surface area (Å²) in [6.07, 6.45) is 0.232. The van der Waals surface area contributed by atoms with E-state index in [0.717, 1.165) is 0 Å². The van der Waals surface area contributed by atoms with Crippen molar-refractivity contribution in [3.63, 3.8) is 0 Å². The summed E-state index contributed by atoms with van der Waals surface area (Å²) in [5.74, 6) is -1.43. The van der Waals surface area contributed by atoms with Crippen LogP contribution in [0.1, 0.15) is 13.3 Å². The predicted octanol–water partition coefficient (Wildman–Crippen LogP) is -0.896. The molecule has 6 nitrogen and oxygen atoms in total. The van der Waals surface area contributed by atoms with Gasteiger partial charge in [0.25, 0.3) is 0 Å². The Morgan fingerprint density at radius 3 is 2.69 bits per heavy atom. The largest absolute Gasteiger partial charge is 0.479 e. The van der Waals surface area contributed by atoms with Crippen molar-refractivity contribution in [2.75, 3.05) is 13.2 Å². The predicted molar refractivity (Wildman–Crippen MR) is 44.6 cm³/mol. The second-order valence-corrected chi connectivity index (χ2v) is 2.75. The summed E-state index contributed by atoms with van der Waals surface area (Å²) in [4.78, 5) is 25.2. The van der Waals surface area contributed by atoms with Gasteiger partial charge in [0, 0.05) is 6.42 Å². The average molecular weight is 190 g/mol. The van der Waals surface area contributed by atoms with Gasteiger partial charge in [-0.15, -0.1) is 0 Å². The number of amides is 1. The van der Waals surface area contributed by atoms with Crippen molar-refractivity contribution in [3.05, 3.63) is 0 Å². The second kappa shape index (κ2) is 6.38. The second-order valence-electron chi connectivity index (χ2n) is 2.75. The zero-order valence-electron chi connectivity index (χ0n) is 7.45. The molecule has 0 aromatic heterocycles. The highest BCUT2D eigenvalue weighted by molar-refractivity contribution is 5.75. The van der Waals surface area contributed by atoms with Crippen LogP contribution in [0.5, 0.6) is 0 Å². The number of nitrogens with two attached hydrogens (primary N) is 1. The van der Waals surface area contributed by atoms with Gasteiger partial charge in [0.1, 0.15) is 0 Å². The first kappa shape index (κ1) is 11.9. The third-order valence-corrected chi connectivity index (χ3v) is 1.32. The van der Waals surface area contributed by atoms with Gasteiger partial charge in [-0.2, -0.15) is 0 Å². The average Bonchev–Trinajstić information content (AvgIpc) is 2.03. The molecule has 0 saturated heterocycles. The number of carbonyl (C=O) groups is 2. The van der Waals surface area contributed by atoms with E-state index in [-0.39, 0.29) is 18.2 Å². The van der Waals surface area contributed by atoms with Crippen LogP contribution in [0.4, 0.5) is 0 Å². The monoisotopic (exact) mass is 190 g/mol. The van der Waals surface area contributed by atoms with Crippen LogP contribution in [0.3, 0.4) is 0 Å². The molecule has 0 aromatic carbocycles. The molecular formula is C7H14N2O4. The van der Waals surface area contributed by atoms with Crippen LogP contribution in [0.15, 0.2) is 0 Å². The molecule has 1 atom stereocenters. The van der Waals surface area contributed by atoms with Crippen molar-refractivity contribution < 1.29 is 19.5 Å². The Bertz CT molecular complexity index is 183. The Balaban J connectivity index is 3.46. The van der Waals surface area contributed by atoms with Gasteiger partial charge >= 0.3 is 5.97 Å². The number of carbonyl (C=O) groups excluding carboxylic acids is 1. The summed E-state index contributed by atoms with van der Waals surface area (Å²) in [7, 11) is 0. The van der Waals surface area contributed by atoms with Crippen LogP contribution >= 0.6 is 0 Å². The van der Waals surface area contributed by atoms with E-state index < -0.39 is 12.6 Å². The number of aliphatic carboxylic acids is 1. The van der Waals surface area contributed by atoms with E-state index >= 15 is 0 Å². The number of nitrogens with one attached hydrogen (secondary N) is 1. The summed E-state index contributed by atoms with van der Waals surface area (Å²) in [5.41, 5.74) is 7.29. The molecule has 4 N–H and O–H groups in total. The normalized spacial score (nSPS) is 12.2. The minimum absolute atomic E-state index is 0.0634. The molecule has 6 heteroatoms. The number of carboxylic acid groups (broad SMARTS) is 1. The Morgan fingerprint density at radius 2 is 2.23 bits per heavy atom. The van der Waals surface area contributed by atoms with Crippen LogP contribution in [-0.2, 0) is 14.4 Å². The highest BCUT2D eigenvalue weighted by atomic mass is 16.7. The lowest BCUT2D eigenvalue weighted by atomic mass is 10.1. The van der Waals surface area contributed by atoms with Gasteiger partial charge < -0.3 is 10.8 Å². The lowest BCUT2D eigenvalue weighted by molar-refractivity contribution is -0.149. The minimum atomic E-state index is -1.13. The summed E-state index contributed by atoms with van der Waals surface area (Å²) in [6.45, 7) is 1.69. The quantitative estimate of drug-likeness (QED) is 0.471. The number of hydrogen-bond donors (Lipinski definition) is 3. The molecule has 0 fully saturated rings. The molecule has 1 unspecified atom stereocenters. The minimum Gasteiger partial charge on any atom is -0.479 e. The molecule has 0 aliphatic rings. The standard InChI is InChI=1S/C7H14N2O4/c1-5(3-8)2-6(10)9-13-4-7(11)12/h5H,2-4,8H2,1H3,(H,9,10)(H,11,12). The molecular weight excluding hydrogens is 176 g/mol. The molecule has 0 rings (SSSR count). The van der Waals surface area contributed by atoms with Crippen LogP contribution in [0.2, 0.25) is 0 Å². The summed E-state index contributed by atoms with van der Waals surface area (Å²) in [5, 5.41) is 8.16. The molecule has 1 amide bonds. The zero-order chi connectivity index (χ0) is 10.3. The molecule has 76 valence electrons. The van der Waals surface area contributed by atoms with E-state index in [1.165, 1.54) is 0 Å². The lowest BCUT2D eigenvalue weighted by Crippen LogP contribution is -2.29. The molecule has 0 saturated carbocycles. The third-order valence-electron chi connectivity index (χ3n) is 1.32. The van der Waals surface area contributed by atoms with Crippen molar-refractivity contribution in [1.29, 1.82) is 0 Å².